The van der Waals surface area contributed by atoms with E-state index in [-0.39, 0.29) is 18.4 Å². The number of nitrogens with one attached hydrogen (secondary N) is 1. The van der Waals surface area contributed by atoms with Crippen LogP contribution >= 0.6 is 0 Å². The zero-order valence-corrected chi connectivity index (χ0v) is 7.71. The number of hydrogen-bond acceptors (Lipinski definition) is 3. The third-order valence-electron chi connectivity index (χ3n) is 1.84. The van der Waals surface area contributed by atoms with Gasteiger partial charge in [0.25, 0.3) is 0 Å². The van der Waals surface area contributed by atoms with E-state index in [0.29, 0.717) is 26.2 Å². The number of carbonyl (C=O) groups excluding carboxylic acids is 2. The molecule has 5 heteroatoms. The maximum atomic E-state index is 11.0. The molecule has 0 saturated carbocycles. The van der Waals surface area contributed by atoms with Crippen molar-refractivity contribution in [3.8, 4) is 0 Å². The number of urea groups is 1. The molecule has 0 bridgehead atoms. The molecule has 1 aliphatic heterocycles. The van der Waals surface area contributed by atoms with Crippen molar-refractivity contribution in [1.29, 1.82) is 0 Å². The Morgan fingerprint density at radius 1 is 1.69 bits per heavy atom. The van der Waals surface area contributed by atoms with Crippen molar-refractivity contribution >= 4 is 12.0 Å². The summed E-state index contributed by atoms with van der Waals surface area (Å²) in [5.74, 6) is -0.248. The standard InChI is InChI=1S/C8H14N2O3/c1-2-13-7(11)3-5-10-6-4-9-8(10)12/h2-6H2,1H3,(H,9,12). The minimum absolute atomic E-state index is 0.0932. The Kier molecular flexibility index (Phi) is 3.54. The molecule has 0 radical (unpaired) electrons. The van der Waals surface area contributed by atoms with Crippen LogP contribution in [0.1, 0.15) is 13.3 Å². The van der Waals surface area contributed by atoms with E-state index in [9.17, 15) is 9.59 Å². The molecule has 1 fully saturated rings. The van der Waals surface area contributed by atoms with Crippen LogP contribution < -0.4 is 5.32 Å². The van der Waals surface area contributed by atoms with Crippen molar-refractivity contribution in [2.24, 2.45) is 0 Å². The highest BCUT2D eigenvalue weighted by atomic mass is 16.5. The summed E-state index contributed by atoms with van der Waals surface area (Å²) in [5.41, 5.74) is 0. The van der Waals surface area contributed by atoms with Gasteiger partial charge in [0, 0.05) is 19.6 Å². The molecular weight excluding hydrogens is 172 g/mol. The normalized spacial score (nSPS) is 15.8. The summed E-state index contributed by atoms with van der Waals surface area (Å²) >= 11 is 0. The summed E-state index contributed by atoms with van der Waals surface area (Å²) in [7, 11) is 0. The zero-order valence-electron chi connectivity index (χ0n) is 7.71. The molecule has 1 heterocycles. The predicted octanol–water partition coefficient (Wildman–Crippen LogP) is -0.0352. The van der Waals surface area contributed by atoms with Gasteiger partial charge in [-0.2, -0.15) is 0 Å². The van der Waals surface area contributed by atoms with Gasteiger partial charge in [0.2, 0.25) is 0 Å². The number of ether oxygens (including phenoxy) is 1. The first kappa shape index (κ1) is 9.83. The Morgan fingerprint density at radius 3 is 3.00 bits per heavy atom. The first-order chi connectivity index (χ1) is 6.24. The fourth-order valence-electron chi connectivity index (χ4n) is 1.18. The van der Waals surface area contributed by atoms with Crippen LogP contribution in [0.4, 0.5) is 4.79 Å². The number of rotatable bonds is 4. The van der Waals surface area contributed by atoms with Gasteiger partial charge in [-0.15, -0.1) is 0 Å². The third kappa shape index (κ3) is 2.93. The van der Waals surface area contributed by atoms with Crippen LogP contribution in [0.25, 0.3) is 0 Å². The first-order valence-corrected chi connectivity index (χ1v) is 4.42. The number of carbonyl (C=O) groups is 2. The lowest BCUT2D eigenvalue weighted by atomic mass is 10.4. The topological polar surface area (TPSA) is 58.6 Å². The van der Waals surface area contributed by atoms with Crippen molar-refractivity contribution in [2.45, 2.75) is 13.3 Å². The summed E-state index contributed by atoms with van der Waals surface area (Å²) < 4.78 is 4.74. The first-order valence-electron chi connectivity index (χ1n) is 4.42. The molecule has 74 valence electrons. The second-order valence-corrected chi connectivity index (χ2v) is 2.77. The molecule has 0 aromatic heterocycles. The fourth-order valence-corrected chi connectivity index (χ4v) is 1.18. The maximum Gasteiger partial charge on any atom is 0.317 e. The van der Waals surface area contributed by atoms with Gasteiger partial charge in [-0.25, -0.2) is 4.79 Å². The molecule has 2 amide bonds. The molecule has 1 N–H and O–H groups in total. The Labute approximate surface area is 77.0 Å². The quantitative estimate of drug-likeness (QED) is 0.627. The van der Waals surface area contributed by atoms with E-state index in [2.05, 4.69) is 5.32 Å². The van der Waals surface area contributed by atoms with E-state index in [1.165, 1.54) is 0 Å². The van der Waals surface area contributed by atoms with Crippen LogP contribution in [0.2, 0.25) is 0 Å². The molecule has 0 aromatic carbocycles. The van der Waals surface area contributed by atoms with E-state index in [1.54, 1.807) is 11.8 Å². The molecule has 5 nitrogen and oxygen atoms in total. The lowest BCUT2D eigenvalue weighted by Crippen LogP contribution is -2.30. The smallest absolute Gasteiger partial charge is 0.317 e. The Hall–Kier alpha value is -1.26. The summed E-state index contributed by atoms with van der Waals surface area (Å²) in [6, 6.07) is -0.0932. The van der Waals surface area contributed by atoms with Crippen molar-refractivity contribution < 1.29 is 14.3 Å². The Morgan fingerprint density at radius 2 is 2.46 bits per heavy atom. The van der Waals surface area contributed by atoms with Crippen molar-refractivity contribution in [3.05, 3.63) is 0 Å². The molecule has 1 saturated heterocycles. The van der Waals surface area contributed by atoms with Gasteiger partial charge in [-0.05, 0) is 6.92 Å². The van der Waals surface area contributed by atoms with Gasteiger partial charge >= 0.3 is 12.0 Å². The summed E-state index contributed by atoms with van der Waals surface area (Å²) in [5, 5.41) is 2.66. The van der Waals surface area contributed by atoms with Crippen LogP contribution in [0.3, 0.4) is 0 Å². The molecule has 0 aliphatic carbocycles. The third-order valence-corrected chi connectivity index (χ3v) is 1.84. The number of nitrogens with zero attached hydrogens (tertiary/aromatic N) is 1. The second-order valence-electron chi connectivity index (χ2n) is 2.77. The molecule has 13 heavy (non-hydrogen) atoms. The molecule has 0 atom stereocenters. The van der Waals surface area contributed by atoms with Crippen LogP contribution in [0.15, 0.2) is 0 Å². The van der Waals surface area contributed by atoms with E-state index in [0.717, 1.165) is 0 Å². The Bertz CT molecular complexity index is 206. The van der Waals surface area contributed by atoms with Crippen LogP contribution in [0, 0.1) is 0 Å². The Balaban J connectivity index is 2.18. The average molecular weight is 186 g/mol. The highest BCUT2D eigenvalue weighted by Gasteiger charge is 2.19. The van der Waals surface area contributed by atoms with Crippen molar-refractivity contribution in [1.82, 2.24) is 10.2 Å². The van der Waals surface area contributed by atoms with Gasteiger partial charge in [0.05, 0.1) is 13.0 Å². The van der Waals surface area contributed by atoms with Gasteiger partial charge in [-0.1, -0.05) is 0 Å². The lowest BCUT2D eigenvalue weighted by molar-refractivity contribution is -0.143. The van der Waals surface area contributed by atoms with Gasteiger partial charge in [0.1, 0.15) is 0 Å². The lowest BCUT2D eigenvalue weighted by Gasteiger charge is -2.12. The minimum atomic E-state index is -0.248. The molecule has 0 unspecified atom stereocenters. The zero-order chi connectivity index (χ0) is 9.68. The van der Waals surface area contributed by atoms with E-state index >= 15 is 0 Å². The predicted molar refractivity (Wildman–Crippen MR) is 46.2 cm³/mol. The van der Waals surface area contributed by atoms with E-state index < -0.39 is 0 Å². The molecule has 0 spiro atoms. The van der Waals surface area contributed by atoms with Gasteiger partial charge in [-0.3, -0.25) is 4.79 Å². The van der Waals surface area contributed by atoms with Gasteiger partial charge in [0.15, 0.2) is 0 Å². The number of hydrogen-bond donors (Lipinski definition) is 1. The monoisotopic (exact) mass is 186 g/mol. The summed E-state index contributed by atoms with van der Waals surface area (Å²) in [4.78, 5) is 23.5. The van der Waals surface area contributed by atoms with E-state index in [1.807, 2.05) is 0 Å². The highest BCUT2D eigenvalue weighted by Crippen LogP contribution is 1.98. The summed E-state index contributed by atoms with van der Waals surface area (Å²) in [6.45, 7) is 3.95. The van der Waals surface area contributed by atoms with Gasteiger partial charge < -0.3 is 15.0 Å². The minimum Gasteiger partial charge on any atom is -0.466 e. The van der Waals surface area contributed by atoms with Crippen LogP contribution in [-0.4, -0.2) is 43.1 Å². The molecule has 0 aromatic rings. The molecule has 1 aliphatic rings. The second kappa shape index (κ2) is 4.69. The van der Waals surface area contributed by atoms with Crippen LogP contribution in [0.5, 0.6) is 0 Å². The largest absolute Gasteiger partial charge is 0.466 e. The summed E-state index contributed by atoms with van der Waals surface area (Å²) in [6.07, 6.45) is 0.279. The molecule has 1 rings (SSSR count). The van der Waals surface area contributed by atoms with Crippen molar-refractivity contribution in [2.75, 3.05) is 26.2 Å². The number of esters is 1. The average Bonchev–Trinajstić information content (AvgIpc) is 2.48. The van der Waals surface area contributed by atoms with Crippen LogP contribution in [-0.2, 0) is 9.53 Å². The fraction of sp³-hybridized carbons (Fsp3) is 0.750. The molecular formula is C8H14N2O3. The van der Waals surface area contributed by atoms with Crippen molar-refractivity contribution in [3.63, 3.8) is 0 Å². The van der Waals surface area contributed by atoms with E-state index in [4.69, 9.17) is 4.74 Å². The maximum absolute atomic E-state index is 11.0. The SMILES string of the molecule is CCOC(=O)CCN1CCNC1=O. The number of amides is 2. The highest BCUT2D eigenvalue weighted by molar-refractivity contribution is 5.77.